The lowest BCUT2D eigenvalue weighted by Gasteiger charge is -2.17. The summed E-state index contributed by atoms with van der Waals surface area (Å²) in [4.78, 5) is 10.6. The lowest BCUT2D eigenvalue weighted by atomic mass is 9.91. The van der Waals surface area contributed by atoms with Gasteiger partial charge in [0, 0.05) is 29.1 Å². The quantitative estimate of drug-likeness (QED) is 0.930. The van der Waals surface area contributed by atoms with Crippen LogP contribution in [0.2, 0.25) is 0 Å². The third-order valence-corrected chi connectivity index (χ3v) is 4.50. The Morgan fingerprint density at radius 2 is 2.10 bits per heavy atom. The van der Waals surface area contributed by atoms with Crippen LogP contribution in [0.1, 0.15) is 44.2 Å². The van der Waals surface area contributed by atoms with Gasteiger partial charge in [0.25, 0.3) is 0 Å². The fourth-order valence-corrected chi connectivity index (χ4v) is 3.38. The fourth-order valence-electron chi connectivity index (χ4n) is 2.18. The summed E-state index contributed by atoms with van der Waals surface area (Å²) >= 11 is 1.77. The van der Waals surface area contributed by atoms with Gasteiger partial charge in [0.2, 0.25) is 0 Å². The highest BCUT2D eigenvalue weighted by Gasteiger charge is 2.26. The average Bonchev–Trinajstić information content (AvgIpc) is 3.14. The van der Waals surface area contributed by atoms with Crippen molar-refractivity contribution < 1.29 is 0 Å². The van der Waals surface area contributed by atoms with Crippen LogP contribution >= 0.6 is 11.3 Å². The molecule has 1 saturated carbocycles. The molecule has 4 heteroatoms. The predicted octanol–water partition coefficient (Wildman–Crippen LogP) is 3.75. The molecule has 0 radical (unpaired) electrons. The third-order valence-electron chi connectivity index (χ3n) is 3.42. The smallest absolute Gasteiger partial charge is 0.142 e. The van der Waals surface area contributed by atoms with Gasteiger partial charge in [0.15, 0.2) is 0 Å². The van der Waals surface area contributed by atoms with Crippen LogP contribution in [0, 0.1) is 0 Å². The van der Waals surface area contributed by atoms with Crippen molar-refractivity contribution in [3.05, 3.63) is 35.0 Å². The first kappa shape index (κ1) is 13.7. The number of hydrogen-bond acceptors (Lipinski definition) is 4. The summed E-state index contributed by atoms with van der Waals surface area (Å²) in [5.74, 6) is 0. The minimum absolute atomic E-state index is 0.0735. The van der Waals surface area contributed by atoms with Crippen LogP contribution in [0.4, 0.5) is 0 Å². The second-order valence-corrected chi connectivity index (χ2v) is 7.49. The second-order valence-electron chi connectivity index (χ2n) is 6.41. The molecule has 1 N–H and O–H groups in total. The van der Waals surface area contributed by atoms with Gasteiger partial charge in [-0.3, -0.25) is 4.98 Å². The molecule has 3 nitrogen and oxygen atoms in total. The first-order valence-corrected chi connectivity index (χ1v) is 8.00. The molecule has 0 amide bonds. The largest absolute Gasteiger partial charge is 0.309 e. The zero-order chi connectivity index (χ0) is 14.2. The van der Waals surface area contributed by atoms with Gasteiger partial charge < -0.3 is 5.32 Å². The number of nitrogens with zero attached hydrogens (tertiary/aromatic N) is 2. The Kier molecular flexibility index (Phi) is 3.61. The van der Waals surface area contributed by atoms with E-state index in [0.29, 0.717) is 0 Å². The Morgan fingerprint density at radius 3 is 2.70 bits per heavy atom. The molecule has 1 aliphatic rings. The van der Waals surface area contributed by atoms with E-state index in [4.69, 9.17) is 4.98 Å². The molecular weight excluding hydrogens is 266 g/mol. The molecule has 2 aromatic rings. The van der Waals surface area contributed by atoms with Gasteiger partial charge in [-0.2, -0.15) is 0 Å². The van der Waals surface area contributed by atoms with Crippen LogP contribution in [0.5, 0.6) is 0 Å². The fraction of sp³-hybridized carbons (Fsp3) is 0.500. The number of rotatable bonds is 4. The molecule has 0 spiro atoms. The standard InChI is InChI=1S/C16H21N3S/c1-16(2,3)14-13(10-18-11-7-8-11)20-15(19-14)12-6-4-5-9-17-12/h4-6,9,11,18H,7-8,10H2,1-3H3. The number of aromatic nitrogens is 2. The number of nitrogens with one attached hydrogen (secondary N) is 1. The van der Waals surface area contributed by atoms with Crippen molar-refractivity contribution in [2.45, 2.75) is 51.6 Å². The van der Waals surface area contributed by atoms with E-state index in [2.05, 4.69) is 31.1 Å². The van der Waals surface area contributed by atoms with Crippen LogP contribution in [0.25, 0.3) is 10.7 Å². The van der Waals surface area contributed by atoms with Crippen molar-refractivity contribution in [2.75, 3.05) is 0 Å². The highest BCUT2D eigenvalue weighted by Crippen LogP contribution is 2.34. The number of hydrogen-bond donors (Lipinski definition) is 1. The second kappa shape index (κ2) is 5.26. The lowest BCUT2D eigenvalue weighted by molar-refractivity contribution is 0.559. The Labute approximate surface area is 124 Å². The molecule has 20 heavy (non-hydrogen) atoms. The van der Waals surface area contributed by atoms with E-state index in [-0.39, 0.29) is 5.41 Å². The Hall–Kier alpha value is -1.26. The van der Waals surface area contributed by atoms with Crippen LogP contribution in [-0.4, -0.2) is 16.0 Å². The van der Waals surface area contributed by atoms with Gasteiger partial charge in [-0.25, -0.2) is 4.98 Å². The first-order chi connectivity index (χ1) is 9.54. The molecule has 0 atom stereocenters. The topological polar surface area (TPSA) is 37.8 Å². The van der Waals surface area contributed by atoms with Crippen molar-refractivity contribution >= 4 is 11.3 Å². The van der Waals surface area contributed by atoms with E-state index >= 15 is 0 Å². The number of pyridine rings is 1. The normalized spacial score (nSPS) is 15.6. The molecule has 0 saturated heterocycles. The maximum atomic E-state index is 4.87. The Morgan fingerprint density at radius 1 is 1.30 bits per heavy atom. The van der Waals surface area contributed by atoms with Crippen molar-refractivity contribution in [2.24, 2.45) is 0 Å². The summed E-state index contributed by atoms with van der Waals surface area (Å²) in [6.45, 7) is 7.61. The highest BCUT2D eigenvalue weighted by atomic mass is 32.1. The van der Waals surface area contributed by atoms with E-state index in [1.807, 2.05) is 24.4 Å². The summed E-state index contributed by atoms with van der Waals surface area (Å²) in [7, 11) is 0. The predicted molar refractivity (Wildman–Crippen MR) is 83.9 cm³/mol. The molecule has 0 aliphatic heterocycles. The van der Waals surface area contributed by atoms with Gasteiger partial charge in [0.1, 0.15) is 5.01 Å². The molecule has 0 unspecified atom stereocenters. The van der Waals surface area contributed by atoms with Gasteiger partial charge in [-0.15, -0.1) is 11.3 Å². The number of thiazole rings is 1. The van der Waals surface area contributed by atoms with Crippen molar-refractivity contribution in [1.29, 1.82) is 0 Å². The molecule has 1 fully saturated rings. The van der Waals surface area contributed by atoms with Gasteiger partial charge in [0.05, 0.1) is 11.4 Å². The molecule has 3 rings (SSSR count). The van der Waals surface area contributed by atoms with Crippen molar-refractivity contribution in [3.63, 3.8) is 0 Å². The molecule has 106 valence electrons. The van der Waals surface area contributed by atoms with E-state index in [0.717, 1.165) is 23.3 Å². The van der Waals surface area contributed by atoms with Gasteiger partial charge in [-0.1, -0.05) is 26.8 Å². The van der Waals surface area contributed by atoms with Gasteiger partial charge in [-0.05, 0) is 25.0 Å². The van der Waals surface area contributed by atoms with Crippen molar-refractivity contribution in [3.8, 4) is 10.7 Å². The van der Waals surface area contributed by atoms with Crippen LogP contribution in [0.15, 0.2) is 24.4 Å². The minimum Gasteiger partial charge on any atom is -0.309 e. The molecule has 2 aromatic heterocycles. The Balaban J connectivity index is 1.92. The van der Waals surface area contributed by atoms with Crippen LogP contribution < -0.4 is 5.32 Å². The zero-order valence-corrected chi connectivity index (χ0v) is 13.1. The van der Waals surface area contributed by atoms with E-state index in [1.165, 1.54) is 23.4 Å². The maximum absolute atomic E-state index is 4.87. The molecule has 1 aliphatic carbocycles. The minimum atomic E-state index is 0.0735. The zero-order valence-electron chi connectivity index (χ0n) is 12.3. The highest BCUT2D eigenvalue weighted by molar-refractivity contribution is 7.15. The van der Waals surface area contributed by atoms with Gasteiger partial charge >= 0.3 is 0 Å². The first-order valence-electron chi connectivity index (χ1n) is 7.19. The molecule has 0 bridgehead atoms. The summed E-state index contributed by atoms with van der Waals surface area (Å²) in [5.41, 5.74) is 2.25. The third kappa shape index (κ3) is 3.07. The van der Waals surface area contributed by atoms with E-state index in [9.17, 15) is 0 Å². The maximum Gasteiger partial charge on any atom is 0.142 e. The summed E-state index contributed by atoms with van der Waals surface area (Å²) in [6.07, 6.45) is 4.46. The molecule has 0 aromatic carbocycles. The van der Waals surface area contributed by atoms with Crippen LogP contribution in [-0.2, 0) is 12.0 Å². The summed E-state index contributed by atoms with van der Waals surface area (Å²) in [5, 5.41) is 4.63. The van der Waals surface area contributed by atoms with E-state index in [1.54, 1.807) is 11.3 Å². The summed E-state index contributed by atoms with van der Waals surface area (Å²) in [6, 6.07) is 6.71. The van der Waals surface area contributed by atoms with E-state index < -0.39 is 0 Å². The summed E-state index contributed by atoms with van der Waals surface area (Å²) < 4.78 is 0. The SMILES string of the molecule is CC(C)(C)c1nc(-c2ccccn2)sc1CNC1CC1. The monoisotopic (exact) mass is 287 g/mol. The van der Waals surface area contributed by atoms with Crippen LogP contribution in [0.3, 0.4) is 0 Å². The molecule has 2 heterocycles. The lowest BCUT2D eigenvalue weighted by Crippen LogP contribution is -2.19. The van der Waals surface area contributed by atoms with Crippen molar-refractivity contribution in [1.82, 2.24) is 15.3 Å². The average molecular weight is 287 g/mol. The molecular formula is C16H21N3S. The Bertz CT molecular complexity index is 580.